The third-order valence-corrected chi connectivity index (χ3v) is 3.75. The maximum absolute atomic E-state index is 6.03. The number of hydrogen-bond donors (Lipinski definition) is 1. The Labute approximate surface area is 133 Å². The first-order chi connectivity index (χ1) is 10.6. The summed E-state index contributed by atoms with van der Waals surface area (Å²) in [5.74, 6) is 0.641. The molecule has 0 atom stereocenters. The average Bonchev–Trinajstić information content (AvgIpc) is 2.89. The van der Waals surface area contributed by atoms with Gasteiger partial charge in [-0.25, -0.2) is 4.98 Å². The van der Waals surface area contributed by atoms with Crippen LogP contribution in [0.15, 0.2) is 18.6 Å². The second-order valence-electron chi connectivity index (χ2n) is 5.15. The lowest BCUT2D eigenvalue weighted by Crippen LogP contribution is -2.06. The van der Waals surface area contributed by atoms with Crippen LogP contribution < -0.4 is 5.32 Å². The van der Waals surface area contributed by atoms with E-state index in [-0.39, 0.29) is 5.28 Å². The number of rotatable bonds is 4. The SMILES string of the molecule is CCn1cnc2c(NCc3cnc(C)cc3C)nc(Cl)nc21. The summed E-state index contributed by atoms with van der Waals surface area (Å²) in [5.41, 5.74) is 4.78. The van der Waals surface area contributed by atoms with Gasteiger partial charge in [0.25, 0.3) is 0 Å². The first-order valence-electron chi connectivity index (χ1n) is 7.13. The van der Waals surface area contributed by atoms with Crippen LogP contribution in [0.1, 0.15) is 23.7 Å². The van der Waals surface area contributed by atoms with Crippen molar-refractivity contribution in [2.75, 3.05) is 5.32 Å². The molecule has 0 aliphatic carbocycles. The van der Waals surface area contributed by atoms with E-state index in [1.807, 2.05) is 24.6 Å². The molecule has 0 fully saturated rings. The zero-order valence-electron chi connectivity index (χ0n) is 12.8. The van der Waals surface area contributed by atoms with Crippen LogP contribution in [0, 0.1) is 13.8 Å². The van der Waals surface area contributed by atoms with Gasteiger partial charge in [-0.3, -0.25) is 4.98 Å². The van der Waals surface area contributed by atoms with E-state index < -0.39 is 0 Å². The normalized spacial score (nSPS) is 11.1. The van der Waals surface area contributed by atoms with Gasteiger partial charge < -0.3 is 9.88 Å². The summed E-state index contributed by atoms with van der Waals surface area (Å²) in [5, 5.41) is 3.50. The summed E-state index contributed by atoms with van der Waals surface area (Å²) in [6, 6.07) is 2.06. The van der Waals surface area contributed by atoms with Gasteiger partial charge in [0.1, 0.15) is 0 Å². The van der Waals surface area contributed by atoms with E-state index in [4.69, 9.17) is 11.6 Å². The highest BCUT2D eigenvalue weighted by atomic mass is 35.5. The fourth-order valence-electron chi connectivity index (χ4n) is 2.36. The van der Waals surface area contributed by atoms with Gasteiger partial charge in [-0.05, 0) is 49.6 Å². The lowest BCUT2D eigenvalue weighted by molar-refractivity contribution is 0.777. The standard InChI is InChI=1S/C15H17ClN6/c1-4-22-8-19-12-13(20-15(16)21-14(12)22)18-7-11-6-17-10(3)5-9(11)2/h5-6,8H,4,7H2,1-3H3,(H,18,20,21). The Morgan fingerprint density at radius 1 is 1.23 bits per heavy atom. The summed E-state index contributed by atoms with van der Waals surface area (Å²) in [7, 11) is 0. The molecule has 0 saturated carbocycles. The van der Waals surface area contributed by atoms with Crippen LogP contribution in [-0.2, 0) is 13.1 Å². The minimum Gasteiger partial charge on any atom is -0.364 e. The quantitative estimate of drug-likeness (QED) is 0.749. The maximum atomic E-state index is 6.03. The molecule has 3 rings (SSSR count). The molecule has 0 saturated heterocycles. The van der Waals surface area contributed by atoms with Gasteiger partial charge in [-0.1, -0.05) is 0 Å². The second-order valence-corrected chi connectivity index (χ2v) is 5.49. The average molecular weight is 317 g/mol. The molecule has 3 heterocycles. The second kappa shape index (κ2) is 5.88. The van der Waals surface area contributed by atoms with E-state index in [9.17, 15) is 0 Å². The number of nitrogens with zero attached hydrogens (tertiary/aromatic N) is 5. The third kappa shape index (κ3) is 2.74. The fourth-order valence-corrected chi connectivity index (χ4v) is 2.53. The van der Waals surface area contributed by atoms with Crippen LogP contribution in [0.25, 0.3) is 11.2 Å². The molecule has 7 heteroatoms. The Balaban J connectivity index is 1.92. The monoisotopic (exact) mass is 316 g/mol. The van der Waals surface area contributed by atoms with Crippen molar-refractivity contribution in [2.24, 2.45) is 0 Å². The number of fused-ring (bicyclic) bond motifs is 1. The number of anilines is 1. The predicted octanol–water partition coefficient (Wildman–Crippen LogP) is 3.12. The van der Waals surface area contributed by atoms with E-state index in [1.54, 1.807) is 6.33 Å². The molecule has 0 aliphatic rings. The number of aryl methyl sites for hydroxylation is 3. The van der Waals surface area contributed by atoms with Crippen molar-refractivity contribution in [2.45, 2.75) is 33.9 Å². The molecule has 0 bridgehead atoms. The Hall–Kier alpha value is -2.21. The van der Waals surface area contributed by atoms with Crippen molar-refractivity contribution in [3.8, 4) is 0 Å². The maximum Gasteiger partial charge on any atom is 0.226 e. The van der Waals surface area contributed by atoms with Crippen LogP contribution in [0.5, 0.6) is 0 Å². The number of halogens is 1. The van der Waals surface area contributed by atoms with Crippen molar-refractivity contribution in [3.05, 3.63) is 40.7 Å². The number of imidazole rings is 1. The zero-order valence-corrected chi connectivity index (χ0v) is 13.5. The topological polar surface area (TPSA) is 68.5 Å². The summed E-state index contributed by atoms with van der Waals surface area (Å²) in [6.45, 7) is 7.48. The third-order valence-electron chi connectivity index (χ3n) is 3.58. The van der Waals surface area contributed by atoms with Crippen molar-refractivity contribution in [1.29, 1.82) is 0 Å². The molecule has 0 unspecified atom stereocenters. The minimum absolute atomic E-state index is 0.212. The molecular formula is C15H17ClN6. The summed E-state index contributed by atoms with van der Waals surface area (Å²) in [4.78, 5) is 17.2. The highest BCUT2D eigenvalue weighted by molar-refractivity contribution is 6.28. The van der Waals surface area contributed by atoms with Crippen LogP contribution >= 0.6 is 11.6 Å². The molecule has 114 valence electrons. The van der Waals surface area contributed by atoms with Gasteiger partial charge in [0.2, 0.25) is 5.28 Å². The van der Waals surface area contributed by atoms with E-state index in [2.05, 4.69) is 38.2 Å². The molecule has 0 aromatic carbocycles. The molecule has 0 aliphatic heterocycles. The Bertz CT molecular complexity index is 826. The van der Waals surface area contributed by atoms with Crippen molar-refractivity contribution in [3.63, 3.8) is 0 Å². The minimum atomic E-state index is 0.212. The highest BCUT2D eigenvalue weighted by Crippen LogP contribution is 2.21. The van der Waals surface area contributed by atoms with Gasteiger partial charge in [0.05, 0.1) is 6.33 Å². The smallest absolute Gasteiger partial charge is 0.226 e. The number of hydrogen-bond acceptors (Lipinski definition) is 5. The molecule has 0 amide bonds. The Morgan fingerprint density at radius 3 is 2.77 bits per heavy atom. The Kier molecular flexibility index (Phi) is 3.94. The number of aromatic nitrogens is 5. The van der Waals surface area contributed by atoms with Crippen LogP contribution in [0.3, 0.4) is 0 Å². The Morgan fingerprint density at radius 2 is 2.05 bits per heavy atom. The molecule has 1 N–H and O–H groups in total. The molecule has 6 nitrogen and oxygen atoms in total. The van der Waals surface area contributed by atoms with E-state index in [0.717, 1.165) is 29.0 Å². The number of nitrogens with one attached hydrogen (secondary N) is 1. The van der Waals surface area contributed by atoms with E-state index >= 15 is 0 Å². The first-order valence-corrected chi connectivity index (χ1v) is 7.50. The molecule has 3 aromatic heterocycles. The van der Waals surface area contributed by atoms with Crippen molar-refractivity contribution in [1.82, 2.24) is 24.5 Å². The van der Waals surface area contributed by atoms with Crippen LogP contribution in [0.4, 0.5) is 5.82 Å². The molecule has 3 aromatic rings. The molecule has 22 heavy (non-hydrogen) atoms. The first kappa shape index (κ1) is 14.7. The van der Waals surface area contributed by atoms with Crippen LogP contribution in [-0.4, -0.2) is 24.5 Å². The van der Waals surface area contributed by atoms with Crippen LogP contribution in [0.2, 0.25) is 5.28 Å². The predicted molar refractivity (Wildman–Crippen MR) is 87.0 cm³/mol. The summed E-state index contributed by atoms with van der Waals surface area (Å²) >= 11 is 6.03. The van der Waals surface area contributed by atoms with Gasteiger partial charge in [0, 0.05) is 25.0 Å². The van der Waals surface area contributed by atoms with Crippen molar-refractivity contribution < 1.29 is 0 Å². The van der Waals surface area contributed by atoms with Gasteiger partial charge in [0.15, 0.2) is 17.0 Å². The summed E-state index contributed by atoms with van der Waals surface area (Å²) < 4.78 is 1.94. The summed E-state index contributed by atoms with van der Waals surface area (Å²) in [6.07, 6.45) is 3.63. The van der Waals surface area contributed by atoms with Gasteiger partial charge >= 0.3 is 0 Å². The van der Waals surface area contributed by atoms with Gasteiger partial charge in [-0.2, -0.15) is 9.97 Å². The highest BCUT2D eigenvalue weighted by Gasteiger charge is 2.12. The largest absolute Gasteiger partial charge is 0.364 e. The lowest BCUT2D eigenvalue weighted by Gasteiger charge is -2.09. The van der Waals surface area contributed by atoms with Crippen molar-refractivity contribution >= 4 is 28.6 Å². The zero-order chi connectivity index (χ0) is 15.7. The molecule has 0 spiro atoms. The van der Waals surface area contributed by atoms with E-state index in [0.29, 0.717) is 12.4 Å². The van der Waals surface area contributed by atoms with Gasteiger partial charge in [-0.15, -0.1) is 0 Å². The number of pyridine rings is 1. The molecule has 0 radical (unpaired) electrons. The van der Waals surface area contributed by atoms with E-state index in [1.165, 1.54) is 5.56 Å². The molecular weight excluding hydrogens is 300 g/mol. The lowest BCUT2D eigenvalue weighted by atomic mass is 10.1. The fraction of sp³-hybridized carbons (Fsp3) is 0.333.